The van der Waals surface area contributed by atoms with Gasteiger partial charge in [-0.3, -0.25) is 4.79 Å². The lowest BCUT2D eigenvalue weighted by molar-refractivity contribution is -0.378. The fourth-order valence-electron chi connectivity index (χ4n) is 1.39. The molecule has 1 N–H and O–H groups in total. The average Bonchev–Trinajstić information content (AvgIpc) is 2.54. The van der Waals surface area contributed by atoms with Crippen molar-refractivity contribution in [2.45, 2.75) is 6.18 Å². The van der Waals surface area contributed by atoms with E-state index in [0.717, 1.165) is 17.4 Å². The number of carboxylic acids is 1. The number of hydrogen-bond acceptors (Lipinski definition) is 3. The molecule has 4 nitrogen and oxygen atoms in total. The number of alkyl halides is 3. The second-order valence-electron chi connectivity index (χ2n) is 4.24. The summed E-state index contributed by atoms with van der Waals surface area (Å²) in [6.45, 7) is 0. The van der Waals surface area contributed by atoms with E-state index in [1.165, 1.54) is 0 Å². The van der Waals surface area contributed by atoms with Gasteiger partial charge in [0.15, 0.2) is 12.4 Å². The maximum absolute atomic E-state index is 10.5. The van der Waals surface area contributed by atoms with Gasteiger partial charge in [-0.15, -0.1) is 0 Å². The van der Waals surface area contributed by atoms with Gasteiger partial charge in [0.1, 0.15) is 12.3 Å². The molecule has 0 fully saturated rings. The van der Waals surface area contributed by atoms with Crippen molar-refractivity contribution < 1.29 is 32.9 Å². The summed E-state index contributed by atoms with van der Waals surface area (Å²) in [5, 5.41) is 8.78. The van der Waals surface area contributed by atoms with E-state index >= 15 is 0 Å². The number of H-pyrrole nitrogens is 1. The number of aromatic nitrogens is 1. The molecular weight excluding hydrogens is 311 g/mol. The van der Waals surface area contributed by atoms with Crippen molar-refractivity contribution in [1.29, 1.82) is 0 Å². The van der Waals surface area contributed by atoms with Crippen LogP contribution in [0.5, 0.6) is 0 Å². The molecule has 0 aliphatic rings. The molecule has 0 bridgehead atoms. The molecule has 0 radical (unpaired) electrons. The molecule has 0 saturated carbocycles. The third kappa shape index (κ3) is 7.03. The molecule has 23 heavy (non-hydrogen) atoms. The van der Waals surface area contributed by atoms with E-state index in [1.807, 2.05) is 60.9 Å². The van der Waals surface area contributed by atoms with Crippen LogP contribution in [0, 0.1) is 0 Å². The summed E-state index contributed by atoms with van der Waals surface area (Å²) in [6.07, 6.45) is 3.47. The Morgan fingerprint density at radius 3 is 1.70 bits per heavy atom. The Morgan fingerprint density at radius 2 is 1.30 bits per heavy atom. The quantitative estimate of drug-likeness (QED) is 0.808. The van der Waals surface area contributed by atoms with Crippen LogP contribution in [-0.4, -0.2) is 18.4 Å². The van der Waals surface area contributed by atoms with Gasteiger partial charge in [-0.25, -0.2) is 4.98 Å². The van der Waals surface area contributed by atoms with Crippen molar-refractivity contribution in [2.24, 2.45) is 0 Å². The van der Waals surface area contributed by atoms with Crippen LogP contribution in [0.1, 0.15) is 21.5 Å². The van der Waals surface area contributed by atoms with Crippen molar-refractivity contribution in [3.05, 3.63) is 65.5 Å². The van der Waals surface area contributed by atoms with Crippen LogP contribution in [0.15, 0.2) is 48.8 Å². The molecule has 120 valence electrons. The molecule has 1 aromatic carbocycles. The van der Waals surface area contributed by atoms with Crippen molar-refractivity contribution in [2.75, 3.05) is 0 Å². The minimum absolute atomic E-state index is 0.700. The first-order chi connectivity index (χ1) is 10.8. The van der Waals surface area contributed by atoms with Gasteiger partial charge in [0.05, 0.1) is 0 Å². The number of aliphatic carboxylic acids is 1. The summed E-state index contributed by atoms with van der Waals surface area (Å²) in [6, 6.07) is 11.5. The van der Waals surface area contributed by atoms with Gasteiger partial charge in [0, 0.05) is 17.7 Å². The molecule has 0 saturated heterocycles. The Labute approximate surface area is 129 Å². The summed E-state index contributed by atoms with van der Waals surface area (Å²) in [7, 11) is 0. The van der Waals surface area contributed by atoms with Gasteiger partial charge in [-0.1, -0.05) is 36.4 Å². The summed E-state index contributed by atoms with van der Waals surface area (Å²) in [4.78, 5) is 22.2. The van der Waals surface area contributed by atoms with Crippen LogP contribution < -0.4 is 10.1 Å². The van der Waals surface area contributed by atoms with Gasteiger partial charge < -0.3 is 9.90 Å². The largest absolute Gasteiger partial charge is 0.542 e. The van der Waals surface area contributed by atoms with Gasteiger partial charge >= 0.3 is 6.18 Å². The number of hydrogen-bond donors (Lipinski definition) is 0. The Morgan fingerprint density at radius 1 is 0.913 bits per heavy atom. The van der Waals surface area contributed by atoms with E-state index in [9.17, 15) is 18.0 Å². The number of halogens is 3. The Hall–Kier alpha value is -2.96. The lowest BCUT2D eigenvalue weighted by Gasteiger charge is -2.03. The predicted octanol–water partition coefficient (Wildman–Crippen LogP) is 1.78. The highest BCUT2D eigenvalue weighted by molar-refractivity contribution is 5.76. The maximum atomic E-state index is 10.5. The Balaban J connectivity index is 0.000000322. The van der Waals surface area contributed by atoms with Crippen molar-refractivity contribution in [1.82, 2.24) is 0 Å². The molecule has 0 aliphatic carbocycles. The van der Waals surface area contributed by atoms with Crippen molar-refractivity contribution in [3.63, 3.8) is 0 Å². The number of nitrogens with one attached hydrogen (secondary N) is 1. The fraction of sp³-hybridized carbons (Fsp3) is 0.0625. The molecule has 1 aromatic heterocycles. The van der Waals surface area contributed by atoms with Crippen LogP contribution in [0.2, 0.25) is 0 Å². The van der Waals surface area contributed by atoms with E-state index in [4.69, 9.17) is 9.90 Å². The number of carbonyl (C=O) groups excluding carboxylic acids is 2. The molecular formula is C16H12F3NO3. The summed E-state index contributed by atoms with van der Waals surface area (Å²) in [5.74, 6) is -3.01. The standard InChI is InChI=1S/C14H11NO.C2HF3O2/c16-11-14-5-3-12(4-6-14)1-2-13-7-9-15-10-8-13;3-2(4,5)1(6)7/h1-11H;(H,6,7)/b2-1+;. The molecule has 0 amide bonds. The zero-order valence-electron chi connectivity index (χ0n) is 11.7. The maximum Gasteiger partial charge on any atom is 0.430 e. The number of aromatic amines is 1. The third-order valence-electron chi connectivity index (χ3n) is 2.52. The van der Waals surface area contributed by atoms with E-state index in [0.29, 0.717) is 5.56 Å². The average molecular weight is 323 g/mol. The number of rotatable bonds is 3. The molecule has 2 rings (SSSR count). The minimum Gasteiger partial charge on any atom is -0.542 e. The summed E-state index contributed by atoms with van der Waals surface area (Å²) >= 11 is 0. The molecule has 0 aliphatic heterocycles. The minimum atomic E-state index is -5.19. The van der Waals surface area contributed by atoms with E-state index in [2.05, 4.69) is 4.98 Å². The highest BCUT2D eigenvalue weighted by atomic mass is 19.4. The molecule has 0 atom stereocenters. The number of aldehydes is 1. The second kappa shape index (κ2) is 8.47. The number of benzene rings is 1. The van der Waals surface area contributed by atoms with Gasteiger partial charge in [-0.05, 0) is 11.1 Å². The molecule has 7 heteroatoms. The van der Waals surface area contributed by atoms with E-state index in [-0.39, 0.29) is 0 Å². The highest BCUT2D eigenvalue weighted by Crippen LogP contribution is 2.11. The summed E-state index contributed by atoms with van der Waals surface area (Å²) in [5.41, 5.74) is 2.92. The first kappa shape index (κ1) is 18.1. The van der Waals surface area contributed by atoms with Crippen LogP contribution in [0.3, 0.4) is 0 Å². The molecule has 0 unspecified atom stereocenters. The lowest BCUT2D eigenvalue weighted by atomic mass is 10.1. The smallest absolute Gasteiger partial charge is 0.430 e. The fourth-order valence-corrected chi connectivity index (χ4v) is 1.39. The summed E-state index contributed by atoms with van der Waals surface area (Å²) < 4.78 is 31.5. The van der Waals surface area contributed by atoms with Gasteiger partial charge in [0.25, 0.3) is 0 Å². The first-order valence-corrected chi connectivity index (χ1v) is 6.30. The first-order valence-electron chi connectivity index (χ1n) is 6.30. The number of carbonyl (C=O) groups is 2. The number of carboxylic acid groups (broad SMARTS) is 1. The Kier molecular flexibility index (Phi) is 6.67. The predicted molar refractivity (Wildman–Crippen MR) is 74.8 cm³/mol. The van der Waals surface area contributed by atoms with Crippen LogP contribution in [0.25, 0.3) is 12.2 Å². The van der Waals surface area contributed by atoms with Crippen molar-refractivity contribution in [3.8, 4) is 0 Å². The normalized spacial score (nSPS) is 10.7. The second-order valence-corrected chi connectivity index (χ2v) is 4.24. The topological polar surface area (TPSA) is 71.3 Å². The number of pyridine rings is 1. The SMILES string of the molecule is O=C([O-])C(F)(F)F.O=Cc1ccc(/C=C/c2cc[nH+]cc2)cc1. The van der Waals surface area contributed by atoms with E-state index < -0.39 is 12.1 Å². The monoisotopic (exact) mass is 323 g/mol. The highest BCUT2D eigenvalue weighted by Gasteiger charge is 2.28. The van der Waals surface area contributed by atoms with Gasteiger partial charge in [0.2, 0.25) is 0 Å². The zero-order chi connectivity index (χ0) is 17.3. The van der Waals surface area contributed by atoms with Crippen LogP contribution >= 0.6 is 0 Å². The molecule has 0 spiro atoms. The Bertz CT molecular complexity index is 665. The van der Waals surface area contributed by atoms with E-state index in [1.54, 1.807) is 0 Å². The lowest BCUT2D eigenvalue weighted by Crippen LogP contribution is -2.37. The molecule has 1 heterocycles. The zero-order valence-corrected chi connectivity index (χ0v) is 11.7. The van der Waals surface area contributed by atoms with Gasteiger partial charge in [-0.2, -0.15) is 13.2 Å². The third-order valence-corrected chi connectivity index (χ3v) is 2.52. The van der Waals surface area contributed by atoms with Crippen LogP contribution in [-0.2, 0) is 4.79 Å². The molecule has 2 aromatic rings. The van der Waals surface area contributed by atoms with Crippen molar-refractivity contribution >= 4 is 24.4 Å². The van der Waals surface area contributed by atoms with Crippen LogP contribution in [0.4, 0.5) is 13.2 Å².